The van der Waals surface area contributed by atoms with E-state index < -0.39 is 6.09 Å². The van der Waals surface area contributed by atoms with Gasteiger partial charge >= 0.3 is 6.09 Å². The first-order valence-corrected chi connectivity index (χ1v) is 9.24. The molecule has 1 amide bonds. The molecule has 0 aliphatic heterocycles. The SMILES string of the molecule is CSc1ccc(NC(=O)Oc2ccc(-c3ccccc3)cc2Cl)cc1. The van der Waals surface area contributed by atoms with Crippen LogP contribution in [0.2, 0.25) is 5.02 Å². The molecule has 5 heteroatoms. The average molecular weight is 370 g/mol. The van der Waals surface area contributed by atoms with Crippen LogP contribution in [-0.2, 0) is 0 Å². The highest BCUT2D eigenvalue weighted by atomic mass is 35.5. The van der Waals surface area contributed by atoms with Gasteiger partial charge in [-0.1, -0.05) is 48.0 Å². The minimum Gasteiger partial charge on any atom is -0.409 e. The number of ether oxygens (including phenoxy) is 1. The molecular weight excluding hydrogens is 354 g/mol. The Kier molecular flexibility index (Phi) is 5.64. The van der Waals surface area contributed by atoms with Crippen molar-refractivity contribution in [3.8, 4) is 16.9 Å². The molecule has 0 spiro atoms. The maximum atomic E-state index is 12.0. The number of hydrogen-bond donors (Lipinski definition) is 1. The molecule has 0 atom stereocenters. The Morgan fingerprint density at radius 3 is 2.32 bits per heavy atom. The van der Waals surface area contributed by atoms with Crippen molar-refractivity contribution in [2.24, 2.45) is 0 Å². The highest BCUT2D eigenvalue weighted by Crippen LogP contribution is 2.30. The lowest BCUT2D eigenvalue weighted by Gasteiger charge is -2.10. The van der Waals surface area contributed by atoms with Gasteiger partial charge in [0.05, 0.1) is 5.02 Å². The van der Waals surface area contributed by atoms with Crippen molar-refractivity contribution in [2.75, 3.05) is 11.6 Å². The molecule has 0 saturated carbocycles. The smallest absolute Gasteiger partial charge is 0.409 e. The van der Waals surface area contributed by atoms with Crippen LogP contribution in [0.1, 0.15) is 0 Å². The molecule has 126 valence electrons. The van der Waals surface area contributed by atoms with Crippen molar-refractivity contribution in [3.63, 3.8) is 0 Å². The number of thioether (sulfide) groups is 1. The molecule has 0 aliphatic rings. The van der Waals surface area contributed by atoms with E-state index >= 15 is 0 Å². The number of carbonyl (C=O) groups is 1. The van der Waals surface area contributed by atoms with Gasteiger partial charge < -0.3 is 4.74 Å². The maximum Gasteiger partial charge on any atom is 0.417 e. The lowest BCUT2D eigenvalue weighted by molar-refractivity contribution is 0.215. The molecule has 3 aromatic rings. The van der Waals surface area contributed by atoms with Gasteiger partial charge in [-0.2, -0.15) is 0 Å². The molecule has 0 fully saturated rings. The zero-order valence-electron chi connectivity index (χ0n) is 13.5. The van der Waals surface area contributed by atoms with Crippen molar-refractivity contribution in [3.05, 3.63) is 77.8 Å². The van der Waals surface area contributed by atoms with Crippen LogP contribution in [0.5, 0.6) is 5.75 Å². The van der Waals surface area contributed by atoms with Crippen molar-refractivity contribution in [1.29, 1.82) is 0 Å². The Morgan fingerprint density at radius 1 is 0.960 bits per heavy atom. The molecule has 0 unspecified atom stereocenters. The summed E-state index contributed by atoms with van der Waals surface area (Å²) < 4.78 is 5.31. The third-order valence-electron chi connectivity index (χ3n) is 3.58. The summed E-state index contributed by atoms with van der Waals surface area (Å²) in [5, 5.41) is 3.07. The molecule has 0 saturated heterocycles. The molecule has 0 bridgehead atoms. The Labute approximate surface area is 156 Å². The van der Waals surface area contributed by atoms with Gasteiger partial charge in [0.15, 0.2) is 5.75 Å². The van der Waals surface area contributed by atoms with Gasteiger partial charge in [0.2, 0.25) is 0 Å². The van der Waals surface area contributed by atoms with E-state index in [1.54, 1.807) is 23.9 Å². The highest BCUT2D eigenvalue weighted by Gasteiger charge is 2.10. The van der Waals surface area contributed by atoms with E-state index in [4.69, 9.17) is 16.3 Å². The summed E-state index contributed by atoms with van der Waals surface area (Å²) in [6.07, 6.45) is 1.42. The predicted octanol–water partition coefficient (Wildman–Crippen LogP) is 6.34. The lowest BCUT2D eigenvalue weighted by Crippen LogP contribution is -2.16. The van der Waals surface area contributed by atoms with Crippen LogP contribution in [0.25, 0.3) is 11.1 Å². The number of nitrogens with one attached hydrogen (secondary N) is 1. The third kappa shape index (κ3) is 4.56. The second-order valence-electron chi connectivity index (χ2n) is 5.25. The van der Waals surface area contributed by atoms with Crippen molar-refractivity contribution >= 4 is 35.1 Å². The number of amides is 1. The molecule has 3 aromatic carbocycles. The molecule has 0 heterocycles. The van der Waals surface area contributed by atoms with E-state index in [2.05, 4.69) is 5.32 Å². The van der Waals surface area contributed by atoms with E-state index in [0.717, 1.165) is 16.0 Å². The fourth-order valence-electron chi connectivity index (χ4n) is 2.31. The largest absolute Gasteiger partial charge is 0.417 e. The fourth-order valence-corrected chi connectivity index (χ4v) is 2.94. The number of rotatable bonds is 4. The van der Waals surface area contributed by atoms with Crippen molar-refractivity contribution < 1.29 is 9.53 Å². The average Bonchev–Trinajstić information content (AvgIpc) is 2.65. The summed E-state index contributed by atoms with van der Waals surface area (Å²) >= 11 is 7.90. The Hall–Kier alpha value is -2.43. The summed E-state index contributed by atoms with van der Waals surface area (Å²) in [4.78, 5) is 13.2. The van der Waals surface area contributed by atoms with Crippen LogP contribution in [-0.4, -0.2) is 12.3 Å². The quantitative estimate of drug-likeness (QED) is 0.545. The van der Waals surface area contributed by atoms with Crippen LogP contribution in [0.3, 0.4) is 0 Å². The molecule has 0 aliphatic carbocycles. The molecule has 1 N–H and O–H groups in total. The number of halogens is 1. The number of benzene rings is 3. The zero-order valence-corrected chi connectivity index (χ0v) is 15.1. The van der Waals surface area contributed by atoms with Gasteiger partial charge in [-0.15, -0.1) is 11.8 Å². The normalized spacial score (nSPS) is 10.3. The predicted molar refractivity (Wildman–Crippen MR) is 105 cm³/mol. The molecule has 0 radical (unpaired) electrons. The minimum absolute atomic E-state index is 0.319. The van der Waals surface area contributed by atoms with E-state index in [9.17, 15) is 4.79 Å². The van der Waals surface area contributed by atoms with Gasteiger partial charge in [0, 0.05) is 10.6 Å². The zero-order chi connectivity index (χ0) is 17.6. The Balaban J connectivity index is 1.68. The summed E-state index contributed by atoms with van der Waals surface area (Å²) in [5.41, 5.74) is 2.68. The van der Waals surface area contributed by atoms with Gasteiger partial charge in [0.25, 0.3) is 0 Å². The van der Waals surface area contributed by atoms with Crippen LogP contribution < -0.4 is 10.1 Å². The number of carbonyl (C=O) groups excluding carboxylic acids is 1. The lowest BCUT2D eigenvalue weighted by atomic mass is 10.1. The van der Waals surface area contributed by atoms with Gasteiger partial charge in [-0.25, -0.2) is 4.79 Å². The summed E-state index contributed by atoms with van der Waals surface area (Å²) in [7, 11) is 0. The highest BCUT2D eigenvalue weighted by molar-refractivity contribution is 7.98. The van der Waals surface area contributed by atoms with E-state index in [0.29, 0.717) is 16.5 Å². The van der Waals surface area contributed by atoms with E-state index in [-0.39, 0.29) is 0 Å². The van der Waals surface area contributed by atoms with Gasteiger partial charge in [0.1, 0.15) is 0 Å². The van der Waals surface area contributed by atoms with Crippen LogP contribution >= 0.6 is 23.4 Å². The first-order valence-electron chi connectivity index (χ1n) is 7.63. The van der Waals surface area contributed by atoms with Crippen molar-refractivity contribution in [2.45, 2.75) is 4.90 Å². The van der Waals surface area contributed by atoms with Gasteiger partial charge in [-0.05, 0) is 53.8 Å². The van der Waals surface area contributed by atoms with E-state index in [1.807, 2.05) is 66.9 Å². The van der Waals surface area contributed by atoms with Crippen LogP contribution in [0.4, 0.5) is 10.5 Å². The summed E-state index contributed by atoms with van der Waals surface area (Å²) in [6.45, 7) is 0. The second-order valence-corrected chi connectivity index (χ2v) is 6.54. The summed E-state index contributed by atoms with van der Waals surface area (Å²) in [6, 6.07) is 22.7. The van der Waals surface area contributed by atoms with E-state index in [1.165, 1.54) is 0 Å². The first kappa shape index (κ1) is 17.4. The molecule has 3 nitrogen and oxygen atoms in total. The number of hydrogen-bond acceptors (Lipinski definition) is 3. The van der Waals surface area contributed by atoms with Crippen LogP contribution in [0, 0.1) is 0 Å². The van der Waals surface area contributed by atoms with Crippen molar-refractivity contribution in [1.82, 2.24) is 0 Å². The minimum atomic E-state index is -0.578. The molecule has 0 aromatic heterocycles. The van der Waals surface area contributed by atoms with Gasteiger partial charge in [-0.3, -0.25) is 5.32 Å². The maximum absolute atomic E-state index is 12.0. The topological polar surface area (TPSA) is 38.3 Å². The number of anilines is 1. The fraction of sp³-hybridized carbons (Fsp3) is 0.0500. The summed E-state index contributed by atoms with van der Waals surface area (Å²) in [5.74, 6) is 0.319. The van der Waals surface area contributed by atoms with Crippen LogP contribution in [0.15, 0.2) is 77.7 Å². The Bertz CT molecular complexity index is 867. The first-order chi connectivity index (χ1) is 12.2. The molecule has 3 rings (SSSR count). The Morgan fingerprint density at radius 2 is 1.68 bits per heavy atom. The monoisotopic (exact) mass is 369 g/mol. The molecular formula is C20H16ClNO2S. The third-order valence-corrected chi connectivity index (χ3v) is 4.62. The molecule has 25 heavy (non-hydrogen) atoms. The second kappa shape index (κ2) is 8.10. The standard InChI is InChI=1S/C20H16ClNO2S/c1-25-17-10-8-16(9-11-17)22-20(23)24-19-12-7-15(13-18(19)21)14-5-3-2-4-6-14/h2-13H,1H3,(H,22,23).